The van der Waals surface area contributed by atoms with Crippen LogP contribution in [0.3, 0.4) is 0 Å². The van der Waals surface area contributed by atoms with Crippen LogP contribution in [0.1, 0.15) is 10.4 Å². The Morgan fingerprint density at radius 2 is 1.96 bits per heavy atom. The van der Waals surface area contributed by atoms with E-state index in [1.165, 1.54) is 23.5 Å². The molecule has 0 aliphatic carbocycles. The Hall–Kier alpha value is -2.15. The van der Waals surface area contributed by atoms with E-state index in [0.717, 1.165) is 16.5 Å². The Bertz CT molecular complexity index is 916. The van der Waals surface area contributed by atoms with E-state index >= 15 is 0 Å². The highest BCUT2D eigenvalue weighted by Gasteiger charge is 2.10. The summed E-state index contributed by atoms with van der Waals surface area (Å²) in [6, 6.07) is 11.3. The largest absolute Gasteiger partial charge is 0.482 e. The molecule has 134 valence electrons. The zero-order valence-corrected chi connectivity index (χ0v) is 15.7. The summed E-state index contributed by atoms with van der Waals surface area (Å²) in [5.41, 5.74) is 1.10. The summed E-state index contributed by atoms with van der Waals surface area (Å²) >= 11 is 13.1. The van der Waals surface area contributed by atoms with E-state index in [2.05, 4.69) is 10.3 Å². The van der Waals surface area contributed by atoms with Gasteiger partial charge in [-0.2, -0.15) is 0 Å². The first-order chi connectivity index (χ1) is 12.5. The van der Waals surface area contributed by atoms with Crippen molar-refractivity contribution in [3.8, 4) is 5.75 Å². The molecule has 1 amide bonds. The number of carbonyl (C=O) groups excluding carboxylic acids is 1. The number of nitrogens with one attached hydrogen (secondary N) is 1. The summed E-state index contributed by atoms with van der Waals surface area (Å²) < 4.78 is 18.3. The fraction of sp³-hybridized carbons (Fsp3) is 0.111. The summed E-state index contributed by atoms with van der Waals surface area (Å²) in [6.45, 7) is -0.253. The second-order valence-corrected chi connectivity index (χ2v) is 7.31. The average Bonchev–Trinajstić information content (AvgIpc) is 3.03. The third kappa shape index (κ3) is 5.17. The minimum atomic E-state index is -0.470. The highest BCUT2D eigenvalue weighted by atomic mass is 35.5. The van der Waals surface area contributed by atoms with E-state index in [1.807, 2.05) is 24.3 Å². The molecule has 4 nitrogen and oxygen atoms in total. The standard InChI is InChI=1S/C18H13Cl2FN2O2S/c19-12-3-1-11(2-4-12)7-14-9-22-18(26-14)23-17(24)10-25-16-6-5-13(21)8-15(16)20/h1-6,8-9H,7,10H2,(H,22,23,24). The lowest BCUT2D eigenvalue weighted by atomic mass is 10.1. The second kappa shape index (κ2) is 8.49. The zero-order chi connectivity index (χ0) is 18.5. The molecule has 1 heterocycles. The smallest absolute Gasteiger partial charge is 0.264 e. The quantitative estimate of drug-likeness (QED) is 0.607. The minimum Gasteiger partial charge on any atom is -0.482 e. The lowest BCUT2D eigenvalue weighted by molar-refractivity contribution is -0.118. The van der Waals surface area contributed by atoms with E-state index < -0.39 is 5.82 Å². The van der Waals surface area contributed by atoms with Crippen molar-refractivity contribution in [3.63, 3.8) is 0 Å². The molecular weight excluding hydrogens is 398 g/mol. The number of rotatable bonds is 6. The highest BCUT2D eigenvalue weighted by Crippen LogP contribution is 2.25. The molecule has 0 radical (unpaired) electrons. The molecule has 0 aliphatic heterocycles. The number of carbonyl (C=O) groups is 1. The fourth-order valence-electron chi connectivity index (χ4n) is 2.14. The van der Waals surface area contributed by atoms with Crippen molar-refractivity contribution in [2.75, 3.05) is 11.9 Å². The molecule has 3 rings (SSSR count). The first-order valence-corrected chi connectivity index (χ1v) is 9.14. The number of amides is 1. The third-order valence-corrected chi connectivity index (χ3v) is 4.80. The molecule has 0 aliphatic rings. The minimum absolute atomic E-state index is 0.109. The van der Waals surface area contributed by atoms with Gasteiger partial charge in [-0.3, -0.25) is 10.1 Å². The van der Waals surface area contributed by atoms with Gasteiger partial charge in [-0.05, 0) is 35.9 Å². The average molecular weight is 411 g/mol. The molecule has 8 heteroatoms. The molecule has 26 heavy (non-hydrogen) atoms. The summed E-state index contributed by atoms with van der Waals surface area (Å²) in [5, 5.41) is 3.94. The Morgan fingerprint density at radius 3 is 2.69 bits per heavy atom. The van der Waals surface area contributed by atoms with Gasteiger partial charge in [-0.1, -0.05) is 35.3 Å². The molecule has 0 saturated heterocycles. The van der Waals surface area contributed by atoms with Gasteiger partial charge in [0.1, 0.15) is 11.6 Å². The van der Waals surface area contributed by atoms with Crippen molar-refractivity contribution in [2.24, 2.45) is 0 Å². The van der Waals surface area contributed by atoms with Gasteiger partial charge in [-0.15, -0.1) is 11.3 Å². The van der Waals surface area contributed by atoms with Gasteiger partial charge in [0.25, 0.3) is 5.91 Å². The van der Waals surface area contributed by atoms with Gasteiger partial charge in [0.15, 0.2) is 11.7 Å². The van der Waals surface area contributed by atoms with Crippen LogP contribution in [0.5, 0.6) is 5.75 Å². The molecule has 0 bridgehead atoms. The van der Waals surface area contributed by atoms with Crippen molar-refractivity contribution >= 4 is 45.6 Å². The Balaban J connectivity index is 1.53. The van der Waals surface area contributed by atoms with Gasteiger partial charge < -0.3 is 4.74 Å². The van der Waals surface area contributed by atoms with Crippen molar-refractivity contribution in [1.82, 2.24) is 4.98 Å². The maximum Gasteiger partial charge on any atom is 0.264 e. The van der Waals surface area contributed by atoms with Crippen molar-refractivity contribution < 1.29 is 13.9 Å². The highest BCUT2D eigenvalue weighted by molar-refractivity contribution is 7.15. The van der Waals surface area contributed by atoms with Crippen LogP contribution in [0.4, 0.5) is 9.52 Å². The monoisotopic (exact) mass is 410 g/mol. The predicted octanol–water partition coefficient (Wildman–Crippen LogP) is 5.20. The number of ether oxygens (including phenoxy) is 1. The number of halogens is 3. The van der Waals surface area contributed by atoms with Gasteiger partial charge in [0, 0.05) is 22.5 Å². The number of benzene rings is 2. The van der Waals surface area contributed by atoms with Crippen LogP contribution in [0.15, 0.2) is 48.7 Å². The van der Waals surface area contributed by atoms with Crippen LogP contribution in [0.25, 0.3) is 0 Å². The van der Waals surface area contributed by atoms with Gasteiger partial charge in [0.05, 0.1) is 5.02 Å². The summed E-state index contributed by atoms with van der Waals surface area (Å²) in [5.74, 6) is -0.605. The van der Waals surface area contributed by atoms with Crippen LogP contribution < -0.4 is 10.1 Å². The number of anilines is 1. The zero-order valence-electron chi connectivity index (χ0n) is 13.3. The van der Waals surface area contributed by atoms with E-state index in [0.29, 0.717) is 16.6 Å². The Morgan fingerprint density at radius 1 is 1.19 bits per heavy atom. The van der Waals surface area contributed by atoms with Crippen LogP contribution in [0.2, 0.25) is 10.0 Å². The first-order valence-electron chi connectivity index (χ1n) is 7.56. The van der Waals surface area contributed by atoms with E-state index in [4.69, 9.17) is 27.9 Å². The Labute approximate surface area is 163 Å². The fourth-order valence-corrected chi connectivity index (χ4v) is 3.35. The number of aromatic nitrogens is 1. The number of hydrogen-bond acceptors (Lipinski definition) is 4. The topological polar surface area (TPSA) is 51.2 Å². The third-order valence-electron chi connectivity index (χ3n) is 3.34. The molecule has 0 fully saturated rings. The normalized spacial score (nSPS) is 10.6. The van der Waals surface area contributed by atoms with Crippen molar-refractivity contribution in [1.29, 1.82) is 0 Å². The second-order valence-electron chi connectivity index (χ2n) is 5.35. The molecule has 0 atom stereocenters. The molecule has 1 N–H and O–H groups in total. The van der Waals surface area contributed by atoms with Gasteiger partial charge in [-0.25, -0.2) is 9.37 Å². The predicted molar refractivity (Wildman–Crippen MR) is 102 cm³/mol. The van der Waals surface area contributed by atoms with E-state index in [1.54, 1.807) is 6.20 Å². The summed E-state index contributed by atoms with van der Waals surface area (Å²) in [4.78, 5) is 17.2. The van der Waals surface area contributed by atoms with Crippen molar-refractivity contribution in [2.45, 2.75) is 6.42 Å². The number of nitrogens with zero attached hydrogens (tertiary/aromatic N) is 1. The van der Waals surface area contributed by atoms with Gasteiger partial charge >= 0.3 is 0 Å². The number of thiazole rings is 1. The summed E-state index contributed by atoms with van der Waals surface area (Å²) in [7, 11) is 0. The molecule has 3 aromatic rings. The van der Waals surface area contributed by atoms with Crippen LogP contribution in [0, 0.1) is 5.82 Å². The SMILES string of the molecule is O=C(COc1ccc(F)cc1Cl)Nc1ncc(Cc2ccc(Cl)cc2)s1. The molecule has 0 spiro atoms. The van der Waals surface area contributed by atoms with E-state index in [-0.39, 0.29) is 23.3 Å². The molecular formula is C18H13Cl2FN2O2S. The van der Waals surface area contributed by atoms with Crippen LogP contribution >= 0.6 is 34.5 Å². The van der Waals surface area contributed by atoms with Gasteiger partial charge in [0.2, 0.25) is 0 Å². The first kappa shape index (κ1) is 18.6. The van der Waals surface area contributed by atoms with Crippen LogP contribution in [-0.2, 0) is 11.2 Å². The molecule has 2 aromatic carbocycles. The number of hydrogen-bond donors (Lipinski definition) is 1. The molecule has 0 saturated carbocycles. The molecule has 0 unspecified atom stereocenters. The molecule has 1 aromatic heterocycles. The lowest BCUT2D eigenvalue weighted by Gasteiger charge is -2.07. The summed E-state index contributed by atoms with van der Waals surface area (Å²) in [6.07, 6.45) is 2.42. The Kier molecular flexibility index (Phi) is 6.08. The van der Waals surface area contributed by atoms with Crippen molar-refractivity contribution in [3.05, 3.63) is 75.0 Å². The van der Waals surface area contributed by atoms with Crippen LogP contribution in [-0.4, -0.2) is 17.5 Å². The maximum absolute atomic E-state index is 13.0. The maximum atomic E-state index is 13.0. The lowest BCUT2D eigenvalue weighted by Crippen LogP contribution is -2.20. The van der Waals surface area contributed by atoms with E-state index in [9.17, 15) is 9.18 Å².